The molecule has 2 heterocycles. The first kappa shape index (κ1) is 12.1. The third-order valence-corrected chi connectivity index (χ3v) is 2.98. The molecular weight excluding hydrogens is 218 g/mol. The van der Waals surface area contributed by atoms with E-state index < -0.39 is 0 Å². The van der Waals surface area contributed by atoms with Crippen LogP contribution >= 0.6 is 0 Å². The minimum Gasteiger partial charge on any atom is -0.448 e. The molecule has 17 heavy (non-hydrogen) atoms. The van der Waals surface area contributed by atoms with Gasteiger partial charge in [-0.15, -0.1) is 0 Å². The third kappa shape index (κ3) is 3.06. The number of amides is 1. The van der Waals surface area contributed by atoms with E-state index >= 15 is 0 Å². The zero-order valence-corrected chi connectivity index (χ0v) is 10.2. The molecule has 1 aromatic rings. The van der Waals surface area contributed by atoms with E-state index in [1.54, 1.807) is 0 Å². The Bertz CT molecular complexity index is 370. The molecule has 1 fully saturated rings. The summed E-state index contributed by atoms with van der Waals surface area (Å²) < 4.78 is 5.41. The Morgan fingerprint density at radius 1 is 1.59 bits per heavy atom. The molecule has 1 aliphatic rings. The van der Waals surface area contributed by atoms with Gasteiger partial charge in [0.1, 0.15) is 6.26 Å². The summed E-state index contributed by atoms with van der Waals surface area (Å²) in [6.07, 6.45) is 4.43. The van der Waals surface area contributed by atoms with Crippen LogP contribution in [-0.2, 0) is 0 Å². The summed E-state index contributed by atoms with van der Waals surface area (Å²) in [5, 5.41) is 6.08. The molecule has 0 unspecified atom stereocenters. The fourth-order valence-corrected chi connectivity index (χ4v) is 1.98. The minimum atomic E-state index is -0.143. The van der Waals surface area contributed by atoms with Gasteiger partial charge in [-0.05, 0) is 32.4 Å². The lowest BCUT2D eigenvalue weighted by Crippen LogP contribution is -2.27. The molecule has 1 aliphatic heterocycles. The predicted molar refractivity (Wildman–Crippen MR) is 64.0 cm³/mol. The van der Waals surface area contributed by atoms with Gasteiger partial charge in [-0.25, -0.2) is 4.98 Å². The van der Waals surface area contributed by atoms with Crippen LogP contribution in [-0.4, -0.2) is 30.5 Å². The summed E-state index contributed by atoms with van der Waals surface area (Å²) >= 11 is 0. The lowest BCUT2D eigenvalue weighted by Gasteiger charge is -2.19. The molecular formula is C12H19N3O2. The molecule has 1 aromatic heterocycles. The van der Waals surface area contributed by atoms with Crippen LogP contribution in [0.1, 0.15) is 48.5 Å². The third-order valence-electron chi connectivity index (χ3n) is 2.98. The smallest absolute Gasteiger partial charge is 0.273 e. The SMILES string of the molecule is CCCNC(=O)c1coc(C2CCNCC2)n1. The molecule has 0 radical (unpaired) electrons. The normalized spacial score (nSPS) is 17.0. The number of nitrogens with zero attached hydrogens (tertiary/aromatic N) is 1. The Balaban J connectivity index is 1.97. The Labute approximate surface area is 101 Å². The van der Waals surface area contributed by atoms with E-state index in [4.69, 9.17) is 4.42 Å². The highest BCUT2D eigenvalue weighted by atomic mass is 16.3. The lowest BCUT2D eigenvalue weighted by molar-refractivity contribution is 0.0948. The number of hydrogen-bond donors (Lipinski definition) is 2. The number of piperidine rings is 1. The molecule has 0 aromatic carbocycles. The second-order valence-corrected chi connectivity index (χ2v) is 4.35. The molecule has 94 valence electrons. The predicted octanol–water partition coefficient (Wildman–Crippen LogP) is 1.28. The van der Waals surface area contributed by atoms with Gasteiger partial charge in [0.15, 0.2) is 11.6 Å². The van der Waals surface area contributed by atoms with Crippen molar-refractivity contribution in [3.05, 3.63) is 17.8 Å². The first-order chi connectivity index (χ1) is 8.31. The second kappa shape index (κ2) is 5.82. The van der Waals surface area contributed by atoms with Crippen molar-refractivity contribution in [3.8, 4) is 0 Å². The van der Waals surface area contributed by atoms with Gasteiger partial charge in [0, 0.05) is 12.5 Å². The van der Waals surface area contributed by atoms with Gasteiger partial charge in [-0.1, -0.05) is 6.92 Å². The second-order valence-electron chi connectivity index (χ2n) is 4.35. The van der Waals surface area contributed by atoms with Crippen molar-refractivity contribution < 1.29 is 9.21 Å². The number of carbonyl (C=O) groups excluding carboxylic acids is 1. The average molecular weight is 237 g/mol. The van der Waals surface area contributed by atoms with E-state index in [0.29, 0.717) is 24.0 Å². The van der Waals surface area contributed by atoms with Crippen molar-refractivity contribution in [1.82, 2.24) is 15.6 Å². The molecule has 5 heteroatoms. The van der Waals surface area contributed by atoms with Crippen molar-refractivity contribution >= 4 is 5.91 Å². The summed E-state index contributed by atoms with van der Waals surface area (Å²) in [5.41, 5.74) is 0.395. The van der Waals surface area contributed by atoms with E-state index in [-0.39, 0.29) is 5.91 Å². The topological polar surface area (TPSA) is 67.2 Å². The zero-order valence-electron chi connectivity index (χ0n) is 10.2. The van der Waals surface area contributed by atoms with Gasteiger partial charge < -0.3 is 15.1 Å². The zero-order chi connectivity index (χ0) is 12.1. The van der Waals surface area contributed by atoms with Crippen molar-refractivity contribution in [2.24, 2.45) is 0 Å². The fourth-order valence-electron chi connectivity index (χ4n) is 1.98. The molecule has 0 aliphatic carbocycles. The first-order valence-electron chi connectivity index (χ1n) is 6.25. The summed E-state index contributed by atoms with van der Waals surface area (Å²) in [6.45, 7) is 4.67. The van der Waals surface area contributed by atoms with Crippen molar-refractivity contribution in [1.29, 1.82) is 0 Å². The molecule has 0 saturated carbocycles. The van der Waals surface area contributed by atoms with E-state index in [2.05, 4.69) is 15.6 Å². The quantitative estimate of drug-likeness (QED) is 0.828. The monoisotopic (exact) mass is 237 g/mol. The van der Waals surface area contributed by atoms with E-state index in [9.17, 15) is 4.79 Å². The van der Waals surface area contributed by atoms with E-state index in [1.807, 2.05) is 6.92 Å². The highest BCUT2D eigenvalue weighted by Gasteiger charge is 2.21. The molecule has 0 spiro atoms. The highest BCUT2D eigenvalue weighted by Crippen LogP contribution is 2.24. The Morgan fingerprint density at radius 3 is 3.06 bits per heavy atom. The molecule has 1 saturated heterocycles. The number of rotatable bonds is 4. The van der Waals surface area contributed by atoms with Crippen LogP contribution in [0.25, 0.3) is 0 Å². The van der Waals surface area contributed by atoms with Gasteiger partial charge in [0.2, 0.25) is 0 Å². The van der Waals surface area contributed by atoms with Crippen molar-refractivity contribution in [3.63, 3.8) is 0 Å². The molecule has 5 nitrogen and oxygen atoms in total. The van der Waals surface area contributed by atoms with Gasteiger partial charge >= 0.3 is 0 Å². The lowest BCUT2D eigenvalue weighted by atomic mass is 9.98. The molecule has 0 bridgehead atoms. The Morgan fingerprint density at radius 2 is 2.35 bits per heavy atom. The first-order valence-corrected chi connectivity index (χ1v) is 6.25. The number of nitrogens with one attached hydrogen (secondary N) is 2. The van der Waals surface area contributed by atoms with Gasteiger partial charge in [0.05, 0.1) is 0 Å². The maximum Gasteiger partial charge on any atom is 0.273 e. The largest absolute Gasteiger partial charge is 0.448 e. The van der Waals surface area contributed by atoms with Gasteiger partial charge in [-0.3, -0.25) is 4.79 Å². The van der Waals surface area contributed by atoms with Gasteiger partial charge in [-0.2, -0.15) is 0 Å². The van der Waals surface area contributed by atoms with Gasteiger partial charge in [0.25, 0.3) is 5.91 Å². The number of oxazole rings is 1. The number of carbonyl (C=O) groups is 1. The summed E-state index contributed by atoms with van der Waals surface area (Å²) in [5.74, 6) is 0.910. The molecule has 1 amide bonds. The fraction of sp³-hybridized carbons (Fsp3) is 0.667. The molecule has 0 atom stereocenters. The average Bonchev–Trinajstić information content (AvgIpc) is 2.86. The van der Waals surface area contributed by atoms with Crippen LogP contribution in [0, 0.1) is 0 Å². The standard InChI is InChI=1S/C12H19N3O2/c1-2-5-14-11(16)10-8-17-12(15-10)9-3-6-13-7-4-9/h8-9,13H,2-7H2,1H3,(H,14,16). The van der Waals surface area contributed by atoms with Crippen molar-refractivity contribution in [2.75, 3.05) is 19.6 Å². The summed E-state index contributed by atoms with van der Waals surface area (Å²) in [6, 6.07) is 0. The highest BCUT2D eigenvalue weighted by molar-refractivity contribution is 5.91. The number of hydrogen-bond acceptors (Lipinski definition) is 4. The van der Waals surface area contributed by atoms with Crippen LogP contribution in [0.3, 0.4) is 0 Å². The maximum absolute atomic E-state index is 11.7. The minimum absolute atomic E-state index is 0.143. The van der Waals surface area contributed by atoms with Crippen LogP contribution in [0.5, 0.6) is 0 Å². The van der Waals surface area contributed by atoms with E-state index in [0.717, 1.165) is 32.4 Å². The van der Waals surface area contributed by atoms with E-state index in [1.165, 1.54) is 6.26 Å². The Hall–Kier alpha value is -1.36. The van der Waals surface area contributed by atoms with Crippen molar-refractivity contribution in [2.45, 2.75) is 32.1 Å². The van der Waals surface area contributed by atoms with Crippen LogP contribution in [0.15, 0.2) is 10.7 Å². The molecule has 2 rings (SSSR count). The summed E-state index contributed by atoms with van der Waals surface area (Å²) in [7, 11) is 0. The Kier molecular flexibility index (Phi) is 4.14. The maximum atomic E-state index is 11.7. The van der Waals surface area contributed by atoms with Crippen LogP contribution in [0.4, 0.5) is 0 Å². The van der Waals surface area contributed by atoms with Crippen LogP contribution in [0.2, 0.25) is 0 Å². The number of aromatic nitrogens is 1. The summed E-state index contributed by atoms with van der Waals surface area (Å²) in [4.78, 5) is 15.9. The molecule has 2 N–H and O–H groups in total. The van der Waals surface area contributed by atoms with Crippen LogP contribution < -0.4 is 10.6 Å².